The van der Waals surface area contributed by atoms with Crippen molar-refractivity contribution in [3.63, 3.8) is 0 Å². The first-order valence-electron chi connectivity index (χ1n) is 11.0. The summed E-state index contributed by atoms with van der Waals surface area (Å²) in [4.78, 5) is 15.5. The average molecular weight is 471 g/mol. The number of amides is 1. The minimum Gasteiger partial charge on any atom is -0.330 e. The van der Waals surface area contributed by atoms with Gasteiger partial charge >= 0.3 is 0 Å². The number of hydrogen-bond donors (Lipinski definition) is 0. The van der Waals surface area contributed by atoms with Gasteiger partial charge in [0.15, 0.2) is 0 Å². The fraction of sp³-hybridized carbons (Fsp3) is 0.107. The van der Waals surface area contributed by atoms with Crippen LogP contribution in [0.4, 0.5) is 5.69 Å². The van der Waals surface area contributed by atoms with Gasteiger partial charge in [-0.2, -0.15) is 0 Å². The van der Waals surface area contributed by atoms with Gasteiger partial charge in [0.2, 0.25) is 0 Å². The Morgan fingerprint density at radius 3 is 1.56 bits per heavy atom. The number of rotatable bonds is 8. The number of anilines is 1. The summed E-state index contributed by atoms with van der Waals surface area (Å²) in [5.74, 6) is -0.118. The molecule has 4 aromatic rings. The number of carbonyl (C=O) groups is 1. The second kappa shape index (κ2) is 10.4. The van der Waals surface area contributed by atoms with Crippen molar-refractivity contribution in [2.75, 3.05) is 11.4 Å². The number of carbonyl (C=O) groups excluding carboxylic acids is 1. The topological polar surface area (TPSA) is 57.7 Å². The normalized spacial score (nSPS) is 11.1. The SMILES string of the molecule is CN(c1ccc(C(=O)N(Cc2ccccc2)Cc2ccccc2)cc1)S(=O)(=O)c1ccccc1. The molecule has 4 aromatic carbocycles. The lowest BCUT2D eigenvalue weighted by atomic mass is 10.1. The summed E-state index contributed by atoms with van der Waals surface area (Å²) < 4.78 is 27.1. The predicted octanol–water partition coefficient (Wildman–Crippen LogP) is 5.35. The first-order chi connectivity index (χ1) is 16.4. The molecule has 0 bridgehead atoms. The van der Waals surface area contributed by atoms with E-state index in [1.54, 1.807) is 59.5 Å². The Morgan fingerprint density at radius 1 is 0.647 bits per heavy atom. The molecule has 5 nitrogen and oxygen atoms in total. The summed E-state index contributed by atoms with van der Waals surface area (Å²) in [6.45, 7) is 0.942. The van der Waals surface area contributed by atoms with E-state index in [1.165, 1.54) is 11.4 Å². The maximum absolute atomic E-state index is 13.4. The number of hydrogen-bond acceptors (Lipinski definition) is 3. The molecule has 1 amide bonds. The van der Waals surface area contributed by atoms with Gasteiger partial charge in [0.25, 0.3) is 15.9 Å². The van der Waals surface area contributed by atoms with Gasteiger partial charge in [0, 0.05) is 25.7 Å². The van der Waals surface area contributed by atoms with Crippen LogP contribution in [0.3, 0.4) is 0 Å². The molecule has 4 rings (SSSR count). The van der Waals surface area contributed by atoms with E-state index in [9.17, 15) is 13.2 Å². The Balaban J connectivity index is 1.57. The average Bonchev–Trinajstić information content (AvgIpc) is 2.89. The van der Waals surface area contributed by atoms with E-state index >= 15 is 0 Å². The largest absolute Gasteiger partial charge is 0.330 e. The first kappa shape index (κ1) is 23.3. The zero-order valence-corrected chi connectivity index (χ0v) is 19.7. The van der Waals surface area contributed by atoms with Crippen LogP contribution < -0.4 is 4.31 Å². The van der Waals surface area contributed by atoms with E-state index in [-0.39, 0.29) is 10.8 Å². The molecule has 6 heteroatoms. The van der Waals surface area contributed by atoms with Gasteiger partial charge in [-0.15, -0.1) is 0 Å². The van der Waals surface area contributed by atoms with E-state index in [0.29, 0.717) is 24.3 Å². The molecule has 0 aliphatic carbocycles. The van der Waals surface area contributed by atoms with Crippen LogP contribution in [0.5, 0.6) is 0 Å². The molecule has 0 aliphatic rings. The molecular weight excluding hydrogens is 444 g/mol. The highest BCUT2D eigenvalue weighted by molar-refractivity contribution is 7.92. The third-order valence-electron chi connectivity index (χ3n) is 5.60. The molecule has 0 atom stereocenters. The summed E-state index contributed by atoms with van der Waals surface area (Å²) in [5.41, 5.74) is 3.06. The van der Waals surface area contributed by atoms with Crippen LogP contribution in [0.25, 0.3) is 0 Å². The Bertz CT molecular complexity index is 1280. The molecule has 0 aliphatic heterocycles. The lowest BCUT2D eigenvalue weighted by molar-refractivity contribution is 0.0730. The Morgan fingerprint density at radius 2 is 1.09 bits per heavy atom. The molecule has 34 heavy (non-hydrogen) atoms. The van der Waals surface area contributed by atoms with Crippen molar-refractivity contribution in [2.45, 2.75) is 18.0 Å². The highest BCUT2D eigenvalue weighted by atomic mass is 32.2. The molecular formula is C28H26N2O3S. The van der Waals surface area contributed by atoms with E-state index in [1.807, 2.05) is 60.7 Å². The summed E-state index contributed by atoms with van der Waals surface area (Å²) >= 11 is 0. The molecule has 0 saturated carbocycles. The predicted molar refractivity (Wildman–Crippen MR) is 135 cm³/mol. The summed E-state index contributed by atoms with van der Waals surface area (Å²) in [6.07, 6.45) is 0. The second-order valence-corrected chi connectivity index (χ2v) is 9.93. The van der Waals surface area contributed by atoms with Crippen molar-refractivity contribution >= 4 is 21.6 Å². The van der Waals surface area contributed by atoms with E-state index < -0.39 is 10.0 Å². The highest BCUT2D eigenvalue weighted by Crippen LogP contribution is 2.23. The van der Waals surface area contributed by atoms with Crippen molar-refractivity contribution in [1.29, 1.82) is 0 Å². The van der Waals surface area contributed by atoms with Crippen molar-refractivity contribution < 1.29 is 13.2 Å². The molecule has 0 heterocycles. The molecule has 0 saturated heterocycles. The Labute approximate surface area is 201 Å². The van der Waals surface area contributed by atoms with E-state index in [2.05, 4.69) is 0 Å². The van der Waals surface area contributed by atoms with Crippen LogP contribution in [0.15, 0.2) is 120 Å². The van der Waals surface area contributed by atoms with Crippen LogP contribution in [-0.4, -0.2) is 26.3 Å². The third kappa shape index (κ3) is 5.35. The van der Waals surface area contributed by atoms with Crippen LogP contribution in [0, 0.1) is 0 Å². The van der Waals surface area contributed by atoms with Gasteiger partial charge in [-0.25, -0.2) is 8.42 Å². The summed E-state index contributed by atoms with van der Waals surface area (Å²) in [7, 11) is -2.17. The minimum atomic E-state index is -3.68. The van der Waals surface area contributed by atoms with E-state index in [4.69, 9.17) is 0 Å². The van der Waals surface area contributed by atoms with Crippen LogP contribution in [0.2, 0.25) is 0 Å². The summed E-state index contributed by atoms with van der Waals surface area (Å²) in [6, 6.07) is 34.7. The Hall–Kier alpha value is -3.90. The zero-order valence-electron chi connectivity index (χ0n) is 18.9. The van der Waals surface area contributed by atoms with Crippen LogP contribution in [0.1, 0.15) is 21.5 Å². The number of sulfonamides is 1. The van der Waals surface area contributed by atoms with Crippen molar-refractivity contribution in [1.82, 2.24) is 4.90 Å². The van der Waals surface area contributed by atoms with Gasteiger partial charge in [-0.3, -0.25) is 9.10 Å². The molecule has 172 valence electrons. The molecule has 0 fully saturated rings. The minimum absolute atomic E-state index is 0.118. The van der Waals surface area contributed by atoms with Crippen LogP contribution >= 0.6 is 0 Å². The third-order valence-corrected chi connectivity index (χ3v) is 7.40. The summed E-state index contributed by atoms with van der Waals surface area (Å²) in [5, 5.41) is 0. The molecule has 0 unspecified atom stereocenters. The maximum atomic E-state index is 13.4. The number of nitrogens with zero attached hydrogens (tertiary/aromatic N) is 2. The second-order valence-electron chi connectivity index (χ2n) is 7.96. The Kier molecular flexibility index (Phi) is 7.09. The standard InChI is InChI=1S/C28H26N2O3S/c1-29(34(32,33)27-15-9-4-10-16-27)26-19-17-25(18-20-26)28(31)30(21-23-11-5-2-6-12-23)22-24-13-7-3-8-14-24/h2-20H,21-22H2,1H3. The van der Waals surface area contributed by atoms with Gasteiger partial charge in [0.1, 0.15) is 0 Å². The highest BCUT2D eigenvalue weighted by Gasteiger charge is 2.22. The van der Waals surface area contributed by atoms with Gasteiger partial charge < -0.3 is 4.90 Å². The molecule has 0 spiro atoms. The van der Waals surface area contributed by atoms with Gasteiger partial charge in [0.05, 0.1) is 10.6 Å². The zero-order chi connectivity index (χ0) is 24.0. The quantitative estimate of drug-likeness (QED) is 0.349. The van der Waals surface area contributed by atoms with Crippen molar-refractivity contribution in [3.05, 3.63) is 132 Å². The van der Waals surface area contributed by atoms with Crippen molar-refractivity contribution in [3.8, 4) is 0 Å². The van der Waals surface area contributed by atoms with Gasteiger partial charge in [-0.1, -0.05) is 78.9 Å². The van der Waals surface area contributed by atoms with E-state index in [0.717, 1.165) is 11.1 Å². The van der Waals surface area contributed by atoms with Crippen molar-refractivity contribution in [2.24, 2.45) is 0 Å². The smallest absolute Gasteiger partial charge is 0.264 e. The molecule has 0 N–H and O–H groups in total. The monoisotopic (exact) mass is 470 g/mol. The fourth-order valence-electron chi connectivity index (χ4n) is 3.69. The van der Waals surface area contributed by atoms with Crippen LogP contribution in [-0.2, 0) is 23.1 Å². The first-order valence-corrected chi connectivity index (χ1v) is 12.4. The lowest BCUT2D eigenvalue weighted by Crippen LogP contribution is -2.30. The lowest BCUT2D eigenvalue weighted by Gasteiger charge is -2.24. The maximum Gasteiger partial charge on any atom is 0.264 e. The molecule has 0 radical (unpaired) electrons. The number of benzene rings is 4. The van der Waals surface area contributed by atoms with Gasteiger partial charge in [-0.05, 0) is 47.5 Å². The fourth-order valence-corrected chi connectivity index (χ4v) is 4.91. The molecule has 0 aromatic heterocycles.